The number of carbonyl (C=O) groups excluding carboxylic acids is 2. The molecule has 0 N–H and O–H groups in total. The lowest BCUT2D eigenvalue weighted by Crippen LogP contribution is -2.57. The Labute approximate surface area is 138 Å². The van der Waals surface area contributed by atoms with E-state index in [9.17, 15) is 9.59 Å². The lowest BCUT2D eigenvalue weighted by atomic mass is 10.0. The highest BCUT2D eigenvalue weighted by molar-refractivity contribution is 5.97. The topological polar surface area (TPSA) is 58.4 Å². The molecule has 1 aromatic heterocycles. The Morgan fingerprint density at radius 1 is 1.26 bits per heavy atom. The number of hydrogen-bond acceptors (Lipinski definition) is 3. The van der Waals surface area contributed by atoms with E-state index in [0.29, 0.717) is 18.8 Å². The number of nitrogens with zero attached hydrogens (tertiary/aromatic N) is 4. The third kappa shape index (κ3) is 3.74. The van der Waals surface area contributed by atoms with Gasteiger partial charge >= 0.3 is 0 Å². The molecule has 1 atom stereocenters. The molecule has 1 unspecified atom stereocenters. The summed E-state index contributed by atoms with van der Waals surface area (Å²) in [5, 5.41) is 4.41. The van der Waals surface area contributed by atoms with Crippen LogP contribution in [0.4, 0.5) is 0 Å². The molecular weight excluding hydrogens is 292 g/mol. The summed E-state index contributed by atoms with van der Waals surface area (Å²) in [5.41, 5.74) is 1.51. The average molecular weight is 320 g/mol. The van der Waals surface area contributed by atoms with E-state index in [1.807, 2.05) is 13.1 Å². The number of rotatable bonds is 6. The predicted octanol–water partition coefficient (Wildman–Crippen LogP) is 1.85. The first-order valence-corrected chi connectivity index (χ1v) is 8.58. The Bertz CT molecular complexity index is 567. The first kappa shape index (κ1) is 17.5. The highest BCUT2D eigenvalue weighted by atomic mass is 16.2. The van der Waals surface area contributed by atoms with Crippen LogP contribution in [0.25, 0.3) is 0 Å². The summed E-state index contributed by atoms with van der Waals surface area (Å²) in [5.74, 6) is -0.0288. The second-order valence-electron chi connectivity index (χ2n) is 6.31. The Morgan fingerprint density at radius 3 is 2.65 bits per heavy atom. The van der Waals surface area contributed by atoms with E-state index in [1.54, 1.807) is 21.5 Å². The lowest BCUT2D eigenvalue weighted by Gasteiger charge is -2.39. The van der Waals surface area contributed by atoms with Crippen molar-refractivity contribution in [1.82, 2.24) is 19.6 Å². The van der Waals surface area contributed by atoms with E-state index in [1.165, 1.54) is 0 Å². The van der Waals surface area contributed by atoms with Gasteiger partial charge in [-0.3, -0.25) is 14.3 Å². The molecule has 1 saturated heterocycles. The molecule has 0 aromatic carbocycles. The van der Waals surface area contributed by atoms with Crippen molar-refractivity contribution in [1.29, 1.82) is 0 Å². The Morgan fingerprint density at radius 2 is 2.00 bits per heavy atom. The van der Waals surface area contributed by atoms with Gasteiger partial charge in [-0.2, -0.15) is 5.10 Å². The van der Waals surface area contributed by atoms with E-state index in [-0.39, 0.29) is 17.9 Å². The fraction of sp³-hybridized carbons (Fsp3) is 0.706. The number of aromatic nitrogens is 2. The average Bonchev–Trinajstić information content (AvgIpc) is 2.89. The van der Waals surface area contributed by atoms with Crippen LogP contribution in [-0.2, 0) is 18.3 Å². The lowest BCUT2D eigenvalue weighted by molar-refractivity contribution is -0.138. The molecule has 1 aromatic rings. The van der Waals surface area contributed by atoms with Crippen molar-refractivity contribution in [3.8, 4) is 0 Å². The van der Waals surface area contributed by atoms with Crippen molar-refractivity contribution in [2.75, 3.05) is 20.1 Å². The smallest absolute Gasteiger partial charge is 0.272 e. The van der Waals surface area contributed by atoms with E-state index in [4.69, 9.17) is 0 Å². The number of likely N-dealkylation sites (N-methyl/N-ethyl adjacent to an activating group) is 1. The monoisotopic (exact) mass is 320 g/mol. The van der Waals surface area contributed by atoms with Crippen LogP contribution in [0, 0.1) is 0 Å². The van der Waals surface area contributed by atoms with Crippen LogP contribution in [-0.4, -0.2) is 57.6 Å². The number of unbranched alkanes of at least 4 members (excludes halogenated alkanes) is 1. The zero-order valence-electron chi connectivity index (χ0n) is 14.7. The third-order valence-electron chi connectivity index (χ3n) is 4.46. The molecule has 2 amide bonds. The summed E-state index contributed by atoms with van der Waals surface area (Å²) in [6.07, 6.45) is 4.55. The van der Waals surface area contributed by atoms with Crippen molar-refractivity contribution < 1.29 is 9.59 Å². The molecule has 0 saturated carbocycles. The zero-order chi connectivity index (χ0) is 17.0. The number of aryl methyl sites for hydroxylation is 2. The van der Waals surface area contributed by atoms with Gasteiger partial charge in [0.25, 0.3) is 5.91 Å². The Kier molecular flexibility index (Phi) is 5.80. The molecular formula is C17H28N4O2. The van der Waals surface area contributed by atoms with Gasteiger partial charge in [-0.15, -0.1) is 0 Å². The number of piperazine rings is 1. The van der Waals surface area contributed by atoms with Crippen LogP contribution >= 0.6 is 0 Å². The minimum atomic E-state index is -0.342. The quantitative estimate of drug-likeness (QED) is 0.804. The minimum absolute atomic E-state index is 0.0500. The Hall–Kier alpha value is -1.85. The molecule has 2 rings (SSSR count). The highest BCUT2D eigenvalue weighted by Crippen LogP contribution is 2.19. The molecule has 0 spiro atoms. The zero-order valence-corrected chi connectivity index (χ0v) is 14.7. The summed E-state index contributed by atoms with van der Waals surface area (Å²) in [6, 6.07) is 1.52. The highest BCUT2D eigenvalue weighted by Gasteiger charge is 2.36. The van der Waals surface area contributed by atoms with Crippen LogP contribution in [0.3, 0.4) is 0 Å². The van der Waals surface area contributed by atoms with Gasteiger partial charge in [0, 0.05) is 27.2 Å². The van der Waals surface area contributed by atoms with Crippen molar-refractivity contribution >= 4 is 11.8 Å². The van der Waals surface area contributed by atoms with Gasteiger partial charge in [0.2, 0.25) is 5.91 Å². The minimum Gasteiger partial charge on any atom is -0.342 e. The molecule has 128 valence electrons. The summed E-state index contributed by atoms with van der Waals surface area (Å²) in [7, 11) is 3.61. The Balaban J connectivity index is 2.22. The van der Waals surface area contributed by atoms with Gasteiger partial charge in [0.05, 0.1) is 5.69 Å². The van der Waals surface area contributed by atoms with Crippen LogP contribution in [0.1, 0.15) is 55.7 Å². The van der Waals surface area contributed by atoms with E-state index in [2.05, 4.69) is 18.9 Å². The number of hydrogen-bond donors (Lipinski definition) is 0. The van der Waals surface area contributed by atoms with Gasteiger partial charge < -0.3 is 9.80 Å². The van der Waals surface area contributed by atoms with Crippen molar-refractivity contribution in [3.05, 3.63) is 17.5 Å². The van der Waals surface area contributed by atoms with Crippen LogP contribution in [0.15, 0.2) is 6.07 Å². The molecule has 6 heteroatoms. The molecule has 0 bridgehead atoms. The molecule has 23 heavy (non-hydrogen) atoms. The molecule has 6 nitrogen and oxygen atoms in total. The van der Waals surface area contributed by atoms with Gasteiger partial charge in [0.1, 0.15) is 11.7 Å². The van der Waals surface area contributed by atoms with Gasteiger partial charge in [-0.1, -0.05) is 33.1 Å². The molecule has 1 aliphatic rings. The maximum Gasteiger partial charge on any atom is 0.272 e. The molecule has 1 aliphatic heterocycles. The first-order valence-electron chi connectivity index (χ1n) is 8.58. The van der Waals surface area contributed by atoms with Crippen LogP contribution in [0.2, 0.25) is 0 Å². The van der Waals surface area contributed by atoms with E-state index < -0.39 is 0 Å². The van der Waals surface area contributed by atoms with Gasteiger partial charge in [-0.05, 0) is 18.9 Å². The fourth-order valence-electron chi connectivity index (χ4n) is 3.08. The fourth-order valence-corrected chi connectivity index (χ4v) is 3.08. The largest absolute Gasteiger partial charge is 0.342 e. The third-order valence-corrected chi connectivity index (χ3v) is 4.46. The molecule has 2 heterocycles. The maximum atomic E-state index is 13.0. The van der Waals surface area contributed by atoms with Crippen molar-refractivity contribution in [2.24, 2.45) is 7.05 Å². The SMILES string of the molecule is CCCCC1C(=O)N(C)CCN1C(=O)c1cc(CCC)nn1C. The van der Waals surface area contributed by atoms with E-state index in [0.717, 1.165) is 37.8 Å². The first-order chi connectivity index (χ1) is 11.0. The van der Waals surface area contributed by atoms with E-state index >= 15 is 0 Å². The molecule has 0 radical (unpaired) electrons. The number of carbonyl (C=O) groups is 2. The second-order valence-corrected chi connectivity index (χ2v) is 6.31. The maximum absolute atomic E-state index is 13.0. The van der Waals surface area contributed by atoms with Crippen LogP contribution in [0.5, 0.6) is 0 Å². The van der Waals surface area contributed by atoms with Crippen LogP contribution < -0.4 is 0 Å². The molecule has 0 aliphatic carbocycles. The van der Waals surface area contributed by atoms with Crippen molar-refractivity contribution in [3.63, 3.8) is 0 Å². The summed E-state index contributed by atoms with van der Waals surface area (Å²) >= 11 is 0. The summed E-state index contributed by atoms with van der Waals surface area (Å²) in [4.78, 5) is 28.9. The normalized spacial score (nSPS) is 18.6. The van der Waals surface area contributed by atoms with Crippen molar-refractivity contribution in [2.45, 2.75) is 52.0 Å². The summed E-state index contributed by atoms with van der Waals surface area (Å²) in [6.45, 7) is 5.37. The van der Waals surface area contributed by atoms with Gasteiger partial charge in [0.15, 0.2) is 0 Å². The second kappa shape index (κ2) is 7.62. The predicted molar refractivity (Wildman–Crippen MR) is 89.2 cm³/mol. The number of amides is 2. The van der Waals surface area contributed by atoms with Gasteiger partial charge in [-0.25, -0.2) is 0 Å². The molecule has 1 fully saturated rings. The standard InChI is InChI=1S/C17H28N4O2/c1-5-7-9-14-16(22)19(3)10-11-21(14)17(23)15-12-13(8-6-2)18-20(15)4/h12,14H,5-11H2,1-4H3. The summed E-state index contributed by atoms with van der Waals surface area (Å²) < 4.78 is 1.65.